The number of rotatable bonds is 3. The van der Waals surface area contributed by atoms with Crippen LogP contribution >= 0.6 is 12.6 Å². The highest BCUT2D eigenvalue weighted by atomic mass is 32.1. The predicted molar refractivity (Wildman–Crippen MR) is 94.1 cm³/mol. The van der Waals surface area contributed by atoms with Crippen molar-refractivity contribution in [1.82, 2.24) is 0 Å². The average molecular weight is 369 g/mol. The third kappa shape index (κ3) is 4.22. The van der Waals surface area contributed by atoms with Crippen LogP contribution in [0.1, 0.15) is 44.4 Å². The summed E-state index contributed by atoms with van der Waals surface area (Å²) in [6.07, 6.45) is -2.99. The number of hydrogen-bond donors (Lipinski definition) is 1. The molecule has 0 atom stereocenters. The van der Waals surface area contributed by atoms with E-state index in [2.05, 4.69) is 12.6 Å². The van der Waals surface area contributed by atoms with Gasteiger partial charge in [-0.25, -0.2) is 0 Å². The fraction of sp³-hybridized carbons (Fsp3) is 0.471. The molecule has 1 aliphatic heterocycles. The van der Waals surface area contributed by atoms with Gasteiger partial charge in [0.05, 0.1) is 28.4 Å². The summed E-state index contributed by atoms with van der Waals surface area (Å²) in [7, 11) is -0.706. The van der Waals surface area contributed by atoms with Crippen molar-refractivity contribution in [3.8, 4) is 6.07 Å². The van der Waals surface area contributed by atoms with Gasteiger partial charge in [0.25, 0.3) is 0 Å². The molecule has 2 rings (SSSR count). The molecule has 8 heteroatoms. The molecule has 0 aliphatic carbocycles. The van der Waals surface area contributed by atoms with Crippen LogP contribution in [0.3, 0.4) is 0 Å². The first kappa shape index (κ1) is 19.9. The van der Waals surface area contributed by atoms with Crippen molar-refractivity contribution in [3.63, 3.8) is 0 Å². The van der Waals surface area contributed by atoms with Crippen molar-refractivity contribution < 1.29 is 22.5 Å². The third-order valence-electron chi connectivity index (χ3n) is 4.50. The van der Waals surface area contributed by atoms with Crippen LogP contribution in [0.15, 0.2) is 23.7 Å². The lowest BCUT2D eigenvalue weighted by Gasteiger charge is -2.32. The first-order valence-electron chi connectivity index (χ1n) is 7.69. The zero-order chi connectivity index (χ0) is 19.0. The van der Waals surface area contributed by atoms with Gasteiger partial charge in [-0.3, -0.25) is 0 Å². The van der Waals surface area contributed by atoms with Crippen molar-refractivity contribution in [3.05, 3.63) is 40.4 Å². The van der Waals surface area contributed by atoms with Crippen LogP contribution in [0.2, 0.25) is 0 Å². The van der Waals surface area contributed by atoms with E-state index < -0.39 is 30.1 Å². The summed E-state index contributed by atoms with van der Waals surface area (Å²) in [6, 6.07) is 4.97. The lowest BCUT2D eigenvalue weighted by molar-refractivity contribution is -0.137. The molecule has 0 unspecified atom stereocenters. The lowest BCUT2D eigenvalue weighted by atomic mass is 9.78. The molecule has 25 heavy (non-hydrogen) atoms. The average Bonchev–Trinajstić information content (AvgIpc) is 2.71. The Morgan fingerprint density at radius 1 is 1.20 bits per heavy atom. The highest BCUT2D eigenvalue weighted by molar-refractivity contribution is 7.80. The molecule has 0 saturated carbocycles. The lowest BCUT2D eigenvalue weighted by Crippen LogP contribution is -2.41. The van der Waals surface area contributed by atoms with E-state index in [9.17, 15) is 13.2 Å². The molecular formula is C17H19BF3NO2S. The normalized spacial score (nSPS) is 19.8. The van der Waals surface area contributed by atoms with Crippen LogP contribution in [0.25, 0.3) is 6.08 Å². The second-order valence-electron chi connectivity index (χ2n) is 6.92. The van der Waals surface area contributed by atoms with E-state index in [4.69, 9.17) is 14.6 Å². The maximum Gasteiger partial charge on any atom is 0.491 e. The van der Waals surface area contributed by atoms with Gasteiger partial charge < -0.3 is 9.31 Å². The fourth-order valence-electron chi connectivity index (χ4n) is 2.36. The Labute approximate surface area is 151 Å². The highest BCUT2D eigenvalue weighted by Gasteiger charge is 2.52. The molecule has 1 aromatic rings. The van der Waals surface area contributed by atoms with Crippen LogP contribution in [0.4, 0.5) is 13.2 Å². The molecule has 3 nitrogen and oxygen atoms in total. The Balaban J connectivity index is 2.43. The minimum atomic E-state index is -4.53. The molecule has 1 heterocycles. The summed E-state index contributed by atoms with van der Waals surface area (Å²) in [5.74, 6) is 0.245. The van der Waals surface area contributed by atoms with Gasteiger partial charge in [-0.05, 0) is 56.9 Å². The molecule has 134 valence electrons. The zero-order valence-electron chi connectivity index (χ0n) is 14.4. The monoisotopic (exact) mass is 369 g/mol. The molecule has 0 bridgehead atoms. The maximum atomic E-state index is 13.0. The van der Waals surface area contributed by atoms with E-state index in [1.165, 1.54) is 12.1 Å². The number of nitriles is 1. The van der Waals surface area contributed by atoms with Crippen LogP contribution in [0.5, 0.6) is 0 Å². The van der Waals surface area contributed by atoms with Crippen molar-refractivity contribution in [2.45, 2.75) is 45.1 Å². The molecule has 0 radical (unpaired) electrons. The standard InChI is InChI=1S/C17H19BF3NO2S/c1-15(2)16(3,4)24-18(23-15)14(10-25)8-11-5-12(9-22)7-13(6-11)17(19,20)21/h5-8,25H,10H2,1-4H3. The first-order valence-corrected chi connectivity index (χ1v) is 8.32. The van der Waals surface area contributed by atoms with Crippen molar-refractivity contribution in [1.29, 1.82) is 5.26 Å². The Kier molecular flexibility index (Phi) is 5.34. The Bertz CT molecular complexity index is 722. The topological polar surface area (TPSA) is 42.2 Å². The van der Waals surface area contributed by atoms with E-state index in [1.807, 2.05) is 27.7 Å². The minimum absolute atomic E-state index is 0.0616. The summed E-state index contributed by atoms with van der Waals surface area (Å²) < 4.78 is 50.9. The fourth-order valence-corrected chi connectivity index (χ4v) is 2.60. The molecule has 1 aromatic carbocycles. The van der Waals surface area contributed by atoms with Gasteiger partial charge in [0.2, 0.25) is 0 Å². The summed E-state index contributed by atoms with van der Waals surface area (Å²) in [5.41, 5.74) is -1.22. The van der Waals surface area contributed by atoms with E-state index in [1.54, 1.807) is 6.07 Å². The molecule has 0 amide bonds. The quantitative estimate of drug-likeness (QED) is 0.629. The van der Waals surface area contributed by atoms with E-state index in [0.29, 0.717) is 5.47 Å². The van der Waals surface area contributed by atoms with Gasteiger partial charge >= 0.3 is 13.3 Å². The van der Waals surface area contributed by atoms with Gasteiger partial charge in [-0.15, -0.1) is 0 Å². The Hall–Kier alpha value is -1.43. The van der Waals surface area contributed by atoms with E-state index in [0.717, 1.165) is 12.1 Å². The van der Waals surface area contributed by atoms with Gasteiger partial charge in [-0.2, -0.15) is 31.1 Å². The molecule has 0 aromatic heterocycles. The van der Waals surface area contributed by atoms with Crippen molar-refractivity contribution in [2.75, 3.05) is 5.75 Å². The van der Waals surface area contributed by atoms with Gasteiger partial charge in [0, 0.05) is 5.75 Å². The number of alkyl halides is 3. The molecule has 0 N–H and O–H groups in total. The summed E-state index contributed by atoms with van der Waals surface area (Å²) >= 11 is 4.25. The number of thiol groups is 1. The number of halogens is 3. The molecule has 1 fully saturated rings. The third-order valence-corrected chi connectivity index (χ3v) is 4.87. The minimum Gasteiger partial charge on any atom is -0.400 e. The SMILES string of the molecule is CC1(C)OB(C(=Cc2cc(C#N)cc(C(F)(F)F)c2)CS)OC1(C)C. The van der Waals surface area contributed by atoms with Crippen LogP contribution in [-0.4, -0.2) is 24.1 Å². The Morgan fingerprint density at radius 3 is 2.20 bits per heavy atom. The van der Waals surface area contributed by atoms with Gasteiger partial charge in [-0.1, -0.05) is 6.08 Å². The predicted octanol–water partition coefficient (Wildman–Crippen LogP) is 4.52. The van der Waals surface area contributed by atoms with Crippen LogP contribution in [-0.2, 0) is 15.5 Å². The largest absolute Gasteiger partial charge is 0.491 e. The van der Waals surface area contributed by atoms with Gasteiger partial charge in [0.1, 0.15) is 0 Å². The number of hydrogen-bond acceptors (Lipinski definition) is 4. The van der Waals surface area contributed by atoms with Gasteiger partial charge in [0.15, 0.2) is 0 Å². The van der Waals surface area contributed by atoms with Crippen molar-refractivity contribution in [2.24, 2.45) is 0 Å². The smallest absolute Gasteiger partial charge is 0.400 e. The number of nitrogens with zero attached hydrogens (tertiary/aromatic N) is 1. The first-order chi connectivity index (χ1) is 11.4. The number of benzene rings is 1. The molecular weight excluding hydrogens is 350 g/mol. The maximum absolute atomic E-state index is 13.0. The highest BCUT2D eigenvalue weighted by Crippen LogP contribution is 2.39. The molecule has 0 spiro atoms. The van der Waals surface area contributed by atoms with Crippen LogP contribution < -0.4 is 0 Å². The summed E-state index contributed by atoms with van der Waals surface area (Å²) in [4.78, 5) is 0. The second-order valence-corrected chi connectivity index (χ2v) is 7.24. The Morgan fingerprint density at radius 2 is 1.76 bits per heavy atom. The molecule has 1 aliphatic rings. The van der Waals surface area contributed by atoms with E-state index in [-0.39, 0.29) is 16.9 Å². The second kappa shape index (κ2) is 6.71. The zero-order valence-corrected chi connectivity index (χ0v) is 15.3. The van der Waals surface area contributed by atoms with E-state index >= 15 is 0 Å². The molecule has 1 saturated heterocycles. The van der Waals surface area contributed by atoms with Crippen molar-refractivity contribution >= 4 is 25.8 Å². The van der Waals surface area contributed by atoms with Crippen LogP contribution in [0, 0.1) is 11.3 Å². The summed E-state index contributed by atoms with van der Waals surface area (Å²) in [5, 5.41) is 8.99. The summed E-state index contributed by atoms with van der Waals surface area (Å²) in [6.45, 7) is 7.56.